The highest BCUT2D eigenvalue weighted by Gasteiger charge is 2.25. The van der Waals surface area contributed by atoms with Crippen LogP contribution in [0.25, 0.3) is 0 Å². The summed E-state index contributed by atoms with van der Waals surface area (Å²) in [5.74, 6) is 0.464. The predicted octanol–water partition coefficient (Wildman–Crippen LogP) is 2.35. The fraction of sp³-hybridized carbons (Fsp3) is 0.467. The number of hydrogen-bond acceptors (Lipinski definition) is 3. The van der Waals surface area contributed by atoms with Crippen LogP contribution in [0.2, 0.25) is 0 Å². The Hall–Kier alpha value is -1.62. The Morgan fingerprint density at radius 1 is 1.40 bits per heavy atom. The van der Waals surface area contributed by atoms with Crippen molar-refractivity contribution in [3.8, 4) is 5.75 Å². The van der Waals surface area contributed by atoms with Gasteiger partial charge in [0.1, 0.15) is 10.7 Å². The van der Waals surface area contributed by atoms with Gasteiger partial charge in [-0.1, -0.05) is 31.3 Å². The van der Waals surface area contributed by atoms with Crippen LogP contribution in [0.1, 0.15) is 32.8 Å². The third kappa shape index (κ3) is 3.93. The molecule has 4 nitrogen and oxygen atoms in total. The number of carbonyl (C=O) groups excluding carboxylic acids is 1. The Morgan fingerprint density at radius 2 is 2.00 bits per heavy atom. The molecule has 0 atom stereocenters. The van der Waals surface area contributed by atoms with Crippen molar-refractivity contribution >= 4 is 23.1 Å². The van der Waals surface area contributed by atoms with Crippen molar-refractivity contribution in [2.45, 2.75) is 32.7 Å². The van der Waals surface area contributed by atoms with Gasteiger partial charge in [0.25, 0.3) is 5.91 Å². The molecule has 2 N–H and O–H groups in total. The number of para-hydroxylation sites is 1. The molecule has 0 aliphatic heterocycles. The zero-order valence-corrected chi connectivity index (χ0v) is 13.3. The first-order valence-electron chi connectivity index (χ1n) is 6.58. The monoisotopic (exact) mass is 294 g/mol. The number of ether oxygens (including phenoxy) is 1. The van der Waals surface area contributed by atoms with Gasteiger partial charge in [-0.25, -0.2) is 0 Å². The summed E-state index contributed by atoms with van der Waals surface area (Å²) in [6.45, 7) is 6.06. The average molecular weight is 294 g/mol. The summed E-state index contributed by atoms with van der Waals surface area (Å²) in [6.07, 6.45) is 0.874. The van der Waals surface area contributed by atoms with Gasteiger partial charge in [0.2, 0.25) is 0 Å². The van der Waals surface area contributed by atoms with Crippen molar-refractivity contribution < 1.29 is 9.53 Å². The Kier molecular flexibility index (Phi) is 5.51. The zero-order valence-electron chi connectivity index (χ0n) is 12.5. The topological polar surface area (TPSA) is 55.6 Å². The van der Waals surface area contributed by atoms with Crippen molar-refractivity contribution in [1.29, 1.82) is 0 Å². The minimum absolute atomic E-state index is 0.0282. The van der Waals surface area contributed by atoms with E-state index in [-0.39, 0.29) is 23.0 Å². The van der Waals surface area contributed by atoms with Gasteiger partial charge in [-0.15, -0.1) is 0 Å². The lowest BCUT2D eigenvalue weighted by atomic mass is 10.00. The summed E-state index contributed by atoms with van der Waals surface area (Å²) < 4.78 is 5.56. The van der Waals surface area contributed by atoms with Crippen molar-refractivity contribution in [1.82, 2.24) is 4.90 Å². The largest absolute Gasteiger partial charge is 0.483 e. The number of thiocarbonyl (C=S) groups is 1. The Morgan fingerprint density at radius 3 is 2.55 bits per heavy atom. The van der Waals surface area contributed by atoms with Crippen LogP contribution in [-0.4, -0.2) is 35.0 Å². The molecule has 0 aliphatic rings. The quantitative estimate of drug-likeness (QED) is 0.818. The number of benzene rings is 1. The lowest BCUT2D eigenvalue weighted by Crippen LogP contribution is -2.46. The first-order chi connectivity index (χ1) is 9.29. The smallest absolute Gasteiger partial charge is 0.260 e. The van der Waals surface area contributed by atoms with Gasteiger partial charge < -0.3 is 15.4 Å². The maximum Gasteiger partial charge on any atom is 0.260 e. The summed E-state index contributed by atoms with van der Waals surface area (Å²) in [4.78, 5) is 14.1. The highest BCUT2D eigenvalue weighted by Crippen LogP contribution is 2.19. The third-order valence-corrected chi connectivity index (χ3v) is 3.87. The molecule has 0 saturated carbocycles. The second-order valence-corrected chi connectivity index (χ2v) is 5.71. The molecule has 20 heavy (non-hydrogen) atoms. The molecule has 0 radical (unpaired) electrons. The summed E-state index contributed by atoms with van der Waals surface area (Å²) in [6, 6.07) is 7.19. The molecule has 0 saturated heterocycles. The van der Waals surface area contributed by atoms with Crippen LogP contribution in [0.4, 0.5) is 0 Å². The van der Waals surface area contributed by atoms with Crippen LogP contribution < -0.4 is 10.5 Å². The van der Waals surface area contributed by atoms with E-state index in [2.05, 4.69) is 0 Å². The standard InChI is InChI=1S/C15H22N2O2S/c1-5-15(2,3)17(4)13(18)10-19-12-9-7-6-8-11(12)14(16)20/h6-9H,5,10H2,1-4H3,(H2,16,20). The molecule has 0 aliphatic carbocycles. The van der Waals surface area contributed by atoms with E-state index in [1.165, 1.54) is 0 Å². The van der Waals surface area contributed by atoms with Gasteiger partial charge in [-0.2, -0.15) is 0 Å². The molecular weight excluding hydrogens is 272 g/mol. The van der Waals surface area contributed by atoms with E-state index in [9.17, 15) is 4.79 Å². The van der Waals surface area contributed by atoms with Gasteiger partial charge in [0.05, 0.1) is 5.56 Å². The van der Waals surface area contributed by atoms with Crippen molar-refractivity contribution in [2.24, 2.45) is 5.73 Å². The van der Waals surface area contributed by atoms with E-state index in [1.807, 2.05) is 32.9 Å². The molecule has 1 aromatic rings. The van der Waals surface area contributed by atoms with E-state index in [0.717, 1.165) is 6.42 Å². The molecule has 0 fully saturated rings. The summed E-state index contributed by atoms with van der Waals surface area (Å²) in [5.41, 5.74) is 6.08. The van der Waals surface area contributed by atoms with Crippen LogP contribution in [0.3, 0.4) is 0 Å². The number of amides is 1. The number of hydrogen-bond donors (Lipinski definition) is 1. The Balaban J connectivity index is 2.73. The normalized spacial score (nSPS) is 11.0. The van der Waals surface area contributed by atoms with Crippen molar-refractivity contribution in [2.75, 3.05) is 13.7 Å². The minimum atomic E-state index is -0.191. The Bertz CT molecular complexity index is 500. The average Bonchev–Trinajstić information content (AvgIpc) is 2.43. The van der Waals surface area contributed by atoms with Crippen LogP contribution in [-0.2, 0) is 4.79 Å². The third-order valence-electron chi connectivity index (χ3n) is 3.65. The van der Waals surface area contributed by atoms with Crippen molar-refractivity contribution in [3.63, 3.8) is 0 Å². The van der Waals surface area contributed by atoms with Gasteiger partial charge in [0, 0.05) is 12.6 Å². The molecule has 0 bridgehead atoms. The number of carbonyl (C=O) groups is 1. The molecule has 5 heteroatoms. The van der Waals surface area contributed by atoms with E-state index in [1.54, 1.807) is 24.1 Å². The lowest BCUT2D eigenvalue weighted by molar-refractivity contribution is -0.136. The maximum atomic E-state index is 12.1. The van der Waals surface area contributed by atoms with Crippen LogP contribution in [0, 0.1) is 0 Å². The SMILES string of the molecule is CCC(C)(C)N(C)C(=O)COc1ccccc1C(N)=S. The maximum absolute atomic E-state index is 12.1. The van der Waals surface area contributed by atoms with Gasteiger partial charge in [-0.05, 0) is 32.4 Å². The second kappa shape index (κ2) is 6.70. The van der Waals surface area contributed by atoms with Gasteiger partial charge >= 0.3 is 0 Å². The van der Waals surface area contributed by atoms with E-state index in [4.69, 9.17) is 22.7 Å². The lowest BCUT2D eigenvalue weighted by Gasteiger charge is -2.34. The molecule has 1 rings (SSSR count). The molecule has 1 amide bonds. The van der Waals surface area contributed by atoms with E-state index < -0.39 is 0 Å². The highest BCUT2D eigenvalue weighted by molar-refractivity contribution is 7.80. The molecule has 1 aromatic carbocycles. The molecule has 0 heterocycles. The van der Waals surface area contributed by atoms with Gasteiger partial charge in [0.15, 0.2) is 6.61 Å². The van der Waals surface area contributed by atoms with Gasteiger partial charge in [-0.3, -0.25) is 4.79 Å². The molecular formula is C15H22N2O2S. The molecule has 110 valence electrons. The number of rotatable bonds is 6. The molecule has 0 unspecified atom stereocenters. The molecule has 0 aromatic heterocycles. The number of nitrogens with zero attached hydrogens (tertiary/aromatic N) is 1. The van der Waals surface area contributed by atoms with E-state index >= 15 is 0 Å². The van der Waals surface area contributed by atoms with Crippen LogP contribution in [0.15, 0.2) is 24.3 Å². The predicted molar refractivity (Wildman–Crippen MR) is 85.0 cm³/mol. The summed E-state index contributed by atoms with van der Waals surface area (Å²) in [5, 5.41) is 0. The number of likely N-dealkylation sites (N-methyl/N-ethyl adjacent to an activating group) is 1. The van der Waals surface area contributed by atoms with Crippen LogP contribution in [0.5, 0.6) is 5.75 Å². The summed E-state index contributed by atoms with van der Waals surface area (Å²) >= 11 is 4.96. The molecule has 0 spiro atoms. The fourth-order valence-electron chi connectivity index (χ4n) is 1.61. The van der Waals surface area contributed by atoms with Crippen molar-refractivity contribution in [3.05, 3.63) is 29.8 Å². The minimum Gasteiger partial charge on any atom is -0.483 e. The summed E-state index contributed by atoms with van der Waals surface area (Å²) in [7, 11) is 1.79. The second-order valence-electron chi connectivity index (χ2n) is 5.27. The first-order valence-corrected chi connectivity index (χ1v) is 6.98. The van der Waals surface area contributed by atoms with Crippen LogP contribution >= 0.6 is 12.2 Å². The Labute approximate surface area is 125 Å². The first kappa shape index (κ1) is 16.4. The zero-order chi connectivity index (χ0) is 15.3. The number of nitrogens with two attached hydrogens (primary N) is 1. The highest BCUT2D eigenvalue weighted by atomic mass is 32.1. The van der Waals surface area contributed by atoms with E-state index in [0.29, 0.717) is 11.3 Å². The fourth-order valence-corrected chi connectivity index (χ4v) is 1.78.